The fraction of sp³-hybridized carbons (Fsp3) is 0.357. The van der Waals surface area contributed by atoms with Crippen molar-refractivity contribution in [1.29, 1.82) is 0 Å². The van der Waals surface area contributed by atoms with Crippen molar-refractivity contribution in [3.63, 3.8) is 0 Å². The molecule has 0 aliphatic carbocycles. The van der Waals surface area contributed by atoms with Crippen molar-refractivity contribution in [3.05, 3.63) is 47.8 Å². The van der Waals surface area contributed by atoms with Crippen molar-refractivity contribution in [2.45, 2.75) is 19.4 Å². The van der Waals surface area contributed by atoms with Crippen LogP contribution in [0.1, 0.15) is 17.0 Å². The van der Waals surface area contributed by atoms with Gasteiger partial charge in [0.05, 0.1) is 30.7 Å². The van der Waals surface area contributed by atoms with Gasteiger partial charge >= 0.3 is 0 Å². The van der Waals surface area contributed by atoms with E-state index in [1.54, 1.807) is 12.4 Å². The summed E-state index contributed by atoms with van der Waals surface area (Å²) in [5.41, 5.74) is 3.22. The van der Waals surface area contributed by atoms with Crippen LogP contribution in [-0.4, -0.2) is 31.9 Å². The summed E-state index contributed by atoms with van der Waals surface area (Å²) in [6.45, 7) is 1.41. The first kappa shape index (κ1) is 11.9. The Morgan fingerprint density at radius 3 is 3.16 bits per heavy atom. The maximum atomic E-state index is 12.3. The highest BCUT2D eigenvalue weighted by Gasteiger charge is 2.23. The Labute approximate surface area is 111 Å². The number of amides is 1. The monoisotopic (exact) mass is 256 g/mol. The summed E-state index contributed by atoms with van der Waals surface area (Å²) >= 11 is 0. The van der Waals surface area contributed by atoms with Crippen LogP contribution in [0, 0.1) is 0 Å². The summed E-state index contributed by atoms with van der Waals surface area (Å²) in [6, 6.07) is 3.79. The second kappa shape index (κ2) is 4.84. The molecule has 0 N–H and O–H groups in total. The molecule has 0 atom stereocenters. The zero-order valence-electron chi connectivity index (χ0n) is 10.9. The highest BCUT2D eigenvalue weighted by atomic mass is 16.2. The number of rotatable bonds is 2. The van der Waals surface area contributed by atoms with Gasteiger partial charge < -0.3 is 9.47 Å². The van der Waals surface area contributed by atoms with Crippen molar-refractivity contribution >= 4 is 5.91 Å². The van der Waals surface area contributed by atoms with Gasteiger partial charge in [0.15, 0.2) is 0 Å². The third-order valence-corrected chi connectivity index (χ3v) is 3.54. The average molecular weight is 256 g/mol. The number of aryl methyl sites for hydroxylation is 1. The number of hydrogen-bond acceptors (Lipinski definition) is 3. The van der Waals surface area contributed by atoms with Crippen LogP contribution in [0.3, 0.4) is 0 Å². The quantitative estimate of drug-likeness (QED) is 0.803. The van der Waals surface area contributed by atoms with Gasteiger partial charge in [-0.1, -0.05) is 6.07 Å². The van der Waals surface area contributed by atoms with Gasteiger partial charge in [-0.25, -0.2) is 4.98 Å². The smallest absolute Gasteiger partial charge is 0.227 e. The molecular weight excluding hydrogens is 240 g/mol. The van der Waals surface area contributed by atoms with Crippen molar-refractivity contribution in [1.82, 2.24) is 19.4 Å². The molecule has 2 aromatic heterocycles. The number of aromatic nitrogens is 3. The van der Waals surface area contributed by atoms with Crippen molar-refractivity contribution < 1.29 is 4.79 Å². The number of carbonyl (C=O) groups is 1. The number of carbonyl (C=O) groups excluding carboxylic acids is 1. The molecule has 19 heavy (non-hydrogen) atoms. The zero-order chi connectivity index (χ0) is 13.2. The molecule has 1 aliphatic rings. The average Bonchev–Trinajstić information content (AvgIpc) is 2.81. The van der Waals surface area contributed by atoms with E-state index in [1.807, 2.05) is 35.0 Å². The van der Waals surface area contributed by atoms with Crippen molar-refractivity contribution in [2.24, 2.45) is 7.05 Å². The third kappa shape index (κ3) is 2.36. The maximum Gasteiger partial charge on any atom is 0.227 e. The molecule has 0 saturated heterocycles. The molecule has 0 radical (unpaired) electrons. The summed E-state index contributed by atoms with van der Waals surface area (Å²) in [5, 5.41) is 0. The van der Waals surface area contributed by atoms with Crippen LogP contribution >= 0.6 is 0 Å². The number of nitrogens with zero attached hydrogens (tertiary/aromatic N) is 4. The van der Waals surface area contributed by atoms with E-state index < -0.39 is 0 Å². The van der Waals surface area contributed by atoms with Gasteiger partial charge in [-0.05, 0) is 11.6 Å². The first-order valence-electron chi connectivity index (χ1n) is 6.40. The fourth-order valence-corrected chi connectivity index (χ4v) is 2.42. The lowest BCUT2D eigenvalue weighted by Crippen LogP contribution is -2.37. The molecule has 98 valence electrons. The summed E-state index contributed by atoms with van der Waals surface area (Å²) in [4.78, 5) is 22.6. The van der Waals surface area contributed by atoms with Crippen LogP contribution in [0.4, 0.5) is 0 Å². The third-order valence-electron chi connectivity index (χ3n) is 3.54. The van der Waals surface area contributed by atoms with Crippen LogP contribution in [0.2, 0.25) is 0 Å². The lowest BCUT2D eigenvalue weighted by molar-refractivity contribution is -0.131. The summed E-state index contributed by atoms with van der Waals surface area (Å²) in [6.07, 6.45) is 6.55. The van der Waals surface area contributed by atoms with E-state index in [0.717, 1.165) is 29.9 Å². The van der Waals surface area contributed by atoms with E-state index in [9.17, 15) is 4.79 Å². The van der Waals surface area contributed by atoms with E-state index in [0.29, 0.717) is 13.0 Å². The van der Waals surface area contributed by atoms with Gasteiger partial charge in [0.1, 0.15) is 0 Å². The predicted molar refractivity (Wildman–Crippen MR) is 70.3 cm³/mol. The van der Waals surface area contributed by atoms with Crippen LogP contribution in [0.15, 0.2) is 30.9 Å². The molecule has 0 fully saturated rings. The summed E-state index contributed by atoms with van der Waals surface area (Å²) in [5.74, 6) is 0.153. The molecular formula is C14H16N4O. The van der Waals surface area contributed by atoms with Crippen molar-refractivity contribution in [2.75, 3.05) is 6.54 Å². The number of hydrogen-bond donors (Lipinski definition) is 0. The molecule has 0 unspecified atom stereocenters. The second-order valence-electron chi connectivity index (χ2n) is 4.85. The minimum absolute atomic E-state index is 0.153. The molecule has 2 aromatic rings. The Morgan fingerprint density at radius 2 is 2.37 bits per heavy atom. The summed E-state index contributed by atoms with van der Waals surface area (Å²) in [7, 11) is 1.97. The lowest BCUT2D eigenvalue weighted by atomic mass is 10.1. The highest BCUT2D eigenvalue weighted by Crippen LogP contribution is 2.17. The molecule has 1 amide bonds. The molecule has 3 heterocycles. The standard InChI is InChI=1S/C14H16N4O/c1-17-10-16-12-4-6-18(9-13(12)17)14(19)7-11-3-2-5-15-8-11/h2-3,5,8,10H,4,6-7,9H2,1H3. The highest BCUT2D eigenvalue weighted by molar-refractivity contribution is 5.78. The van der Waals surface area contributed by atoms with Gasteiger partial charge in [0.25, 0.3) is 0 Å². The predicted octanol–water partition coefficient (Wildman–Crippen LogP) is 0.943. The van der Waals surface area contributed by atoms with E-state index >= 15 is 0 Å². The van der Waals surface area contributed by atoms with Gasteiger partial charge in [-0.2, -0.15) is 0 Å². The molecule has 5 heteroatoms. The maximum absolute atomic E-state index is 12.3. The van der Waals surface area contributed by atoms with E-state index in [2.05, 4.69) is 9.97 Å². The molecule has 0 aromatic carbocycles. The van der Waals surface area contributed by atoms with Crippen LogP contribution < -0.4 is 0 Å². The molecule has 0 bridgehead atoms. The topological polar surface area (TPSA) is 51.0 Å². The first-order chi connectivity index (χ1) is 9.24. The molecule has 5 nitrogen and oxygen atoms in total. The molecule has 0 spiro atoms. The normalized spacial score (nSPS) is 14.3. The van der Waals surface area contributed by atoms with Crippen LogP contribution in [0.25, 0.3) is 0 Å². The fourth-order valence-electron chi connectivity index (χ4n) is 2.42. The van der Waals surface area contributed by atoms with Gasteiger partial charge in [0.2, 0.25) is 5.91 Å². The number of imidazole rings is 1. The van der Waals surface area contributed by atoms with E-state index in [1.165, 1.54) is 0 Å². The Morgan fingerprint density at radius 1 is 1.47 bits per heavy atom. The Bertz CT molecular complexity index is 591. The Hall–Kier alpha value is -2.17. The Kier molecular flexibility index (Phi) is 3.03. The second-order valence-corrected chi connectivity index (χ2v) is 4.85. The number of fused-ring (bicyclic) bond motifs is 1. The SMILES string of the molecule is Cn1cnc2c1CN(C(=O)Cc1cccnc1)CC2. The minimum Gasteiger partial charge on any atom is -0.336 e. The van der Waals surface area contributed by atoms with E-state index in [4.69, 9.17) is 0 Å². The van der Waals surface area contributed by atoms with Crippen LogP contribution in [0.5, 0.6) is 0 Å². The summed E-state index contributed by atoms with van der Waals surface area (Å²) < 4.78 is 2.00. The first-order valence-corrected chi connectivity index (χ1v) is 6.40. The zero-order valence-corrected chi connectivity index (χ0v) is 10.9. The number of pyridine rings is 1. The van der Waals surface area contributed by atoms with Crippen LogP contribution in [-0.2, 0) is 31.2 Å². The molecule has 3 rings (SSSR count). The molecule has 0 saturated carbocycles. The van der Waals surface area contributed by atoms with Gasteiger partial charge in [-0.3, -0.25) is 9.78 Å². The molecule has 1 aliphatic heterocycles. The van der Waals surface area contributed by atoms with Gasteiger partial charge in [0, 0.05) is 32.4 Å². The lowest BCUT2D eigenvalue weighted by Gasteiger charge is -2.27. The van der Waals surface area contributed by atoms with Crippen molar-refractivity contribution in [3.8, 4) is 0 Å². The minimum atomic E-state index is 0.153. The van der Waals surface area contributed by atoms with E-state index in [-0.39, 0.29) is 5.91 Å². The largest absolute Gasteiger partial charge is 0.336 e. The van der Waals surface area contributed by atoms with Gasteiger partial charge in [-0.15, -0.1) is 0 Å². The Balaban J connectivity index is 1.71.